The number of carbonyl (C=O) groups is 2. The van der Waals surface area contributed by atoms with Gasteiger partial charge >= 0.3 is 11.9 Å². The summed E-state index contributed by atoms with van der Waals surface area (Å²) in [5.41, 5.74) is 2.65. The van der Waals surface area contributed by atoms with Crippen LogP contribution in [0.3, 0.4) is 0 Å². The highest BCUT2D eigenvalue weighted by Crippen LogP contribution is 2.29. The number of nitrogens with zero attached hydrogens (tertiary/aromatic N) is 2. The third-order valence-electron chi connectivity index (χ3n) is 6.36. The first-order chi connectivity index (χ1) is 17.3. The monoisotopic (exact) mass is 483 g/mol. The van der Waals surface area contributed by atoms with E-state index in [0.29, 0.717) is 11.1 Å². The van der Waals surface area contributed by atoms with Crippen molar-refractivity contribution >= 4 is 33.7 Å². The first kappa shape index (κ1) is 22.9. The number of hydrogen-bond donors (Lipinski definition) is 3. The zero-order valence-electron chi connectivity index (χ0n) is 19.3. The van der Waals surface area contributed by atoms with Gasteiger partial charge in [0.25, 0.3) is 0 Å². The second-order valence-electron chi connectivity index (χ2n) is 8.48. The van der Waals surface area contributed by atoms with E-state index in [-0.39, 0.29) is 24.1 Å². The Labute approximate surface area is 205 Å². The molecule has 5 rings (SSSR count). The van der Waals surface area contributed by atoms with Gasteiger partial charge in [0.15, 0.2) is 11.8 Å². The summed E-state index contributed by atoms with van der Waals surface area (Å²) >= 11 is 0. The Morgan fingerprint density at radius 1 is 0.833 bits per heavy atom. The molecule has 0 saturated heterocycles. The summed E-state index contributed by atoms with van der Waals surface area (Å²) in [5.74, 6) is -2.89. The Morgan fingerprint density at radius 3 is 1.89 bits per heavy atom. The molecule has 0 aliphatic carbocycles. The first-order valence-corrected chi connectivity index (χ1v) is 11.3. The summed E-state index contributed by atoms with van der Waals surface area (Å²) in [6.45, 7) is -0.169. The number of aryl methyl sites for hydroxylation is 1. The Kier molecular flexibility index (Phi) is 5.77. The van der Waals surface area contributed by atoms with Crippen molar-refractivity contribution in [3.8, 4) is 17.5 Å². The van der Waals surface area contributed by atoms with Crippen LogP contribution in [0.5, 0.6) is 17.5 Å². The van der Waals surface area contributed by atoms with E-state index in [1.54, 1.807) is 12.1 Å². The van der Waals surface area contributed by atoms with Crippen LogP contribution in [0.1, 0.15) is 21.8 Å². The van der Waals surface area contributed by atoms with Gasteiger partial charge in [0.05, 0.1) is 22.3 Å². The topological polar surface area (TPSA) is 113 Å². The lowest BCUT2D eigenvalue weighted by Gasteiger charge is -2.16. The van der Waals surface area contributed by atoms with E-state index in [1.165, 1.54) is 24.3 Å². The van der Waals surface area contributed by atoms with Crippen LogP contribution in [-0.4, -0.2) is 31.8 Å². The lowest BCUT2D eigenvalue weighted by molar-refractivity contribution is -0.617. The predicted molar refractivity (Wildman–Crippen MR) is 132 cm³/mol. The molecule has 2 aromatic heterocycles. The first-order valence-electron chi connectivity index (χ1n) is 11.3. The molecule has 3 aromatic carbocycles. The van der Waals surface area contributed by atoms with Crippen molar-refractivity contribution in [3.63, 3.8) is 0 Å². The minimum atomic E-state index is -1.12. The fourth-order valence-corrected chi connectivity index (χ4v) is 4.52. The zero-order chi connectivity index (χ0) is 25.4. The van der Waals surface area contributed by atoms with Gasteiger partial charge in [-0.15, -0.1) is 0 Å². The van der Waals surface area contributed by atoms with Gasteiger partial charge in [-0.2, -0.15) is 4.57 Å². The van der Waals surface area contributed by atoms with Crippen LogP contribution >= 0.6 is 0 Å². The van der Waals surface area contributed by atoms with Crippen molar-refractivity contribution in [2.45, 2.75) is 12.5 Å². The molecular formula is C28H23N2O6+. The maximum absolute atomic E-state index is 13.4. The van der Waals surface area contributed by atoms with E-state index in [9.17, 15) is 24.9 Å². The van der Waals surface area contributed by atoms with Crippen molar-refractivity contribution < 1.29 is 34.2 Å². The van der Waals surface area contributed by atoms with E-state index in [0.717, 1.165) is 26.4 Å². The SMILES string of the molecule is C[n+]1c2ccccc2c(C(=O)Oc2ccc(C(Cn3c(O)ccc3O)C(=O)O)cc2)c2ccccc21. The molecule has 1 atom stereocenters. The van der Waals surface area contributed by atoms with Gasteiger partial charge in [0.1, 0.15) is 12.8 Å². The van der Waals surface area contributed by atoms with Crippen molar-refractivity contribution in [1.82, 2.24) is 4.57 Å². The van der Waals surface area contributed by atoms with Crippen LogP contribution in [-0.2, 0) is 18.4 Å². The highest BCUT2D eigenvalue weighted by Gasteiger charge is 2.25. The quantitative estimate of drug-likeness (QED) is 0.145. The number of pyridine rings is 1. The molecule has 2 heterocycles. The number of benzene rings is 3. The number of esters is 1. The van der Waals surface area contributed by atoms with E-state index >= 15 is 0 Å². The van der Waals surface area contributed by atoms with Crippen LogP contribution in [0.2, 0.25) is 0 Å². The van der Waals surface area contributed by atoms with E-state index in [2.05, 4.69) is 0 Å². The molecule has 180 valence electrons. The third-order valence-corrected chi connectivity index (χ3v) is 6.36. The highest BCUT2D eigenvalue weighted by molar-refractivity contribution is 6.13. The fourth-order valence-electron chi connectivity index (χ4n) is 4.52. The molecule has 0 saturated carbocycles. The summed E-state index contributed by atoms with van der Waals surface area (Å²) in [4.78, 5) is 25.3. The number of ether oxygens (including phenoxy) is 1. The van der Waals surface area contributed by atoms with Crippen LogP contribution in [0.4, 0.5) is 0 Å². The number of rotatable bonds is 6. The summed E-state index contributed by atoms with van der Waals surface area (Å²) < 4.78 is 8.85. The van der Waals surface area contributed by atoms with Gasteiger partial charge in [0.2, 0.25) is 11.0 Å². The number of aliphatic carboxylic acids is 1. The largest absolute Gasteiger partial charge is 0.494 e. The number of fused-ring (bicyclic) bond motifs is 2. The molecule has 0 amide bonds. The Bertz CT molecular complexity index is 1540. The zero-order valence-corrected chi connectivity index (χ0v) is 19.3. The van der Waals surface area contributed by atoms with Gasteiger partial charge in [-0.05, 0) is 29.8 Å². The molecule has 0 bridgehead atoms. The second-order valence-corrected chi connectivity index (χ2v) is 8.48. The molecule has 0 radical (unpaired) electrons. The minimum absolute atomic E-state index is 0.169. The molecule has 5 aromatic rings. The van der Waals surface area contributed by atoms with Gasteiger partial charge < -0.3 is 20.1 Å². The summed E-state index contributed by atoms with van der Waals surface area (Å²) in [6, 6.07) is 24.0. The van der Waals surface area contributed by atoms with E-state index in [1.807, 2.05) is 60.1 Å². The minimum Gasteiger partial charge on any atom is -0.494 e. The molecular weight excluding hydrogens is 460 g/mol. The molecule has 36 heavy (non-hydrogen) atoms. The number of aromatic hydroxyl groups is 2. The molecule has 3 N–H and O–H groups in total. The van der Waals surface area contributed by atoms with Crippen LogP contribution in [0.25, 0.3) is 21.8 Å². The van der Waals surface area contributed by atoms with Crippen LogP contribution in [0, 0.1) is 0 Å². The average Bonchev–Trinajstić information content (AvgIpc) is 3.20. The molecule has 1 unspecified atom stereocenters. The normalized spacial score (nSPS) is 12.0. The number of carboxylic acid groups (broad SMARTS) is 1. The summed E-state index contributed by atoms with van der Waals surface area (Å²) in [7, 11) is 1.95. The van der Waals surface area contributed by atoms with Crippen LogP contribution < -0.4 is 9.30 Å². The number of hydrogen-bond acceptors (Lipinski definition) is 5. The Hall–Kier alpha value is -4.85. The fraction of sp³-hybridized carbons (Fsp3) is 0.107. The van der Waals surface area contributed by atoms with Gasteiger partial charge in [0, 0.05) is 30.8 Å². The predicted octanol–water partition coefficient (Wildman–Crippen LogP) is 4.12. The molecule has 0 aliphatic heterocycles. The van der Waals surface area contributed by atoms with Gasteiger partial charge in [-0.25, -0.2) is 4.79 Å². The number of carboxylic acids is 1. The Balaban J connectivity index is 1.46. The van der Waals surface area contributed by atoms with Crippen molar-refractivity contribution in [1.29, 1.82) is 0 Å². The van der Waals surface area contributed by atoms with Crippen molar-refractivity contribution in [2.24, 2.45) is 7.05 Å². The lowest BCUT2D eigenvalue weighted by Crippen LogP contribution is -2.31. The molecule has 8 nitrogen and oxygen atoms in total. The van der Waals surface area contributed by atoms with Crippen molar-refractivity contribution in [3.05, 3.63) is 96.1 Å². The number of aromatic nitrogens is 2. The summed E-state index contributed by atoms with van der Waals surface area (Å²) in [5, 5.41) is 31.0. The molecule has 0 fully saturated rings. The average molecular weight is 484 g/mol. The standard InChI is InChI=1S/C28H22N2O6/c1-29-22-8-4-2-6-19(22)26(20-7-3-5-9-23(20)29)28(35)36-18-12-10-17(11-13-18)21(27(33)34)16-30-24(31)14-15-25(30)32/h2-15,21H,16H2,1H3,(H2,33,34,35)/p+1. The maximum atomic E-state index is 13.4. The maximum Gasteiger partial charge on any atom is 0.345 e. The molecule has 8 heteroatoms. The van der Waals surface area contributed by atoms with E-state index in [4.69, 9.17) is 4.74 Å². The van der Waals surface area contributed by atoms with Gasteiger partial charge in [-0.3, -0.25) is 9.36 Å². The highest BCUT2D eigenvalue weighted by atomic mass is 16.5. The Morgan fingerprint density at radius 2 is 1.36 bits per heavy atom. The third kappa shape index (κ3) is 3.98. The molecule has 0 spiro atoms. The van der Waals surface area contributed by atoms with Crippen molar-refractivity contribution in [2.75, 3.05) is 0 Å². The second kappa shape index (κ2) is 9.07. The van der Waals surface area contributed by atoms with Gasteiger partial charge in [-0.1, -0.05) is 36.4 Å². The smallest absolute Gasteiger partial charge is 0.345 e. The molecule has 0 aliphatic rings. The van der Waals surface area contributed by atoms with Crippen LogP contribution in [0.15, 0.2) is 84.9 Å². The van der Waals surface area contributed by atoms with E-state index < -0.39 is 17.9 Å². The summed E-state index contributed by atoms with van der Waals surface area (Å²) in [6.07, 6.45) is 0. The number of para-hydroxylation sites is 2. The number of carbonyl (C=O) groups excluding carboxylic acids is 1. The lowest BCUT2D eigenvalue weighted by atomic mass is 9.99.